The van der Waals surface area contributed by atoms with Gasteiger partial charge in [-0.25, -0.2) is 0 Å². The van der Waals surface area contributed by atoms with Crippen LogP contribution in [0, 0.1) is 0 Å². The second-order valence-corrected chi connectivity index (χ2v) is 5.03. The summed E-state index contributed by atoms with van der Waals surface area (Å²) in [6.45, 7) is 0. The molecule has 0 saturated heterocycles. The SMILES string of the molecule is N[C@H](c1ccsc1)c1c(O)ccc2ccccc12. The van der Waals surface area contributed by atoms with Crippen LogP contribution in [0.15, 0.2) is 53.2 Å². The van der Waals surface area contributed by atoms with E-state index >= 15 is 0 Å². The van der Waals surface area contributed by atoms with Gasteiger partial charge in [0.15, 0.2) is 0 Å². The number of phenols is 1. The Hall–Kier alpha value is -1.84. The molecule has 1 heterocycles. The normalized spacial score (nSPS) is 12.7. The minimum atomic E-state index is -0.289. The Labute approximate surface area is 109 Å². The second kappa shape index (κ2) is 4.44. The molecular formula is C15H13NOS. The average molecular weight is 255 g/mol. The van der Waals surface area contributed by atoms with Crippen molar-refractivity contribution >= 4 is 22.1 Å². The Morgan fingerprint density at radius 3 is 2.67 bits per heavy atom. The van der Waals surface area contributed by atoms with Crippen LogP contribution in [0.2, 0.25) is 0 Å². The number of rotatable bonds is 2. The van der Waals surface area contributed by atoms with Gasteiger partial charge in [0, 0.05) is 5.56 Å². The summed E-state index contributed by atoms with van der Waals surface area (Å²) in [7, 11) is 0. The Morgan fingerprint density at radius 1 is 1.06 bits per heavy atom. The molecule has 0 amide bonds. The smallest absolute Gasteiger partial charge is 0.121 e. The molecule has 2 aromatic carbocycles. The molecule has 1 aromatic heterocycles. The molecule has 90 valence electrons. The molecule has 3 rings (SSSR count). The third kappa shape index (κ3) is 1.78. The first-order valence-electron chi connectivity index (χ1n) is 5.75. The van der Waals surface area contributed by atoms with E-state index in [1.165, 1.54) is 0 Å². The van der Waals surface area contributed by atoms with E-state index in [1.54, 1.807) is 17.4 Å². The first kappa shape index (κ1) is 11.3. The maximum Gasteiger partial charge on any atom is 0.121 e. The van der Waals surface area contributed by atoms with Crippen molar-refractivity contribution < 1.29 is 5.11 Å². The van der Waals surface area contributed by atoms with Crippen LogP contribution in [-0.2, 0) is 0 Å². The maximum absolute atomic E-state index is 10.1. The largest absolute Gasteiger partial charge is 0.508 e. The van der Waals surface area contributed by atoms with Crippen molar-refractivity contribution in [3.05, 3.63) is 64.4 Å². The molecule has 3 heteroatoms. The first-order valence-corrected chi connectivity index (χ1v) is 6.70. The van der Waals surface area contributed by atoms with Crippen molar-refractivity contribution in [2.75, 3.05) is 0 Å². The van der Waals surface area contributed by atoms with Crippen molar-refractivity contribution in [1.82, 2.24) is 0 Å². The molecule has 0 fully saturated rings. The number of hydrogen-bond donors (Lipinski definition) is 2. The molecule has 0 unspecified atom stereocenters. The Kier molecular flexibility index (Phi) is 2.78. The Bertz CT molecular complexity index is 676. The van der Waals surface area contributed by atoms with Crippen molar-refractivity contribution in [1.29, 1.82) is 0 Å². The Morgan fingerprint density at radius 2 is 1.89 bits per heavy atom. The monoisotopic (exact) mass is 255 g/mol. The summed E-state index contributed by atoms with van der Waals surface area (Å²) >= 11 is 1.61. The van der Waals surface area contributed by atoms with Crippen LogP contribution in [0.5, 0.6) is 5.75 Å². The van der Waals surface area contributed by atoms with E-state index in [-0.39, 0.29) is 11.8 Å². The molecular weight excluding hydrogens is 242 g/mol. The van der Waals surface area contributed by atoms with E-state index < -0.39 is 0 Å². The van der Waals surface area contributed by atoms with Crippen LogP contribution in [0.3, 0.4) is 0 Å². The third-order valence-electron chi connectivity index (χ3n) is 3.16. The van der Waals surface area contributed by atoms with Crippen molar-refractivity contribution in [3.8, 4) is 5.75 Å². The van der Waals surface area contributed by atoms with Gasteiger partial charge in [-0.2, -0.15) is 11.3 Å². The summed E-state index contributed by atoms with van der Waals surface area (Å²) in [6, 6.07) is 13.3. The van der Waals surface area contributed by atoms with Crippen LogP contribution in [0.1, 0.15) is 17.2 Å². The predicted octanol–water partition coefficient (Wildman–Crippen LogP) is 3.66. The van der Waals surface area contributed by atoms with E-state index in [4.69, 9.17) is 5.73 Å². The fourth-order valence-corrected chi connectivity index (χ4v) is 2.93. The van der Waals surface area contributed by atoms with E-state index in [0.717, 1.165) is 21.9 Å². The minimum Gasteiger partial charge on any atom is -0.508 e. The summed E-state index contributed by atoms with van der Waals surface area (Å²) in [5, 5.41) is 16.2. The summed E-state index contributed by atoms with van der Waals surface area (Å²) in [6.07, 6.45) is 0. The molecule has 3 N–H and O–H groups in total. The van der Waals surface area contributed by atoms with E-state index in [9.17, 15) is 5.11 Å². The van der Waals surface area contributed by atoms with Crippen LogP contribution in [-0.4, -0.2) is 5.11 Å². The number of thiophene rings is 1. The fraction of sp³-hybridized carbons (Fsp3) is 0.0667. The highest BCUT2D eigenvalue weighted by Crippen LogP contribution is 2.34. The number of hydrogen-bond acceptors (Lipinski definition) is 3. The number of fused-ring (bicyclic) bond motifs is 1. The summed E-state index contributed by atoms with van der Waals surface area (Å²) in [5.41, 5.74) is 8.11. The first-order chi connectivity index (χ1) is 8.77. The van der Waals surface area contributed by atoms with Crippen LogP contribution >= 0.6 is 11.3 Å². The molecule has 1 atom stereocenters. The zero-order chi connectivity index (χ0) is 12.5. The lowest BCUT2D eigenvalue weighted by Crippen LogP contribution is -2.11. The van der Waals surface area contributed by atoms with Gasteiger partial charge in [0.1, 0.15) is 5.75 Å². The molecule has 18 heavy (non-hydrogen) atoms. The summed E-state index contributed by atoms with van der Waals surface area (Å²) in [4.78, 5) is 0. The zero-order valence-electron chi connectivity index (χ0n) is 9.71. The molecule has 0 radical (unpaired) electrons. The van der Waals surface area contributed by atoms with Crippen LogP contribution < -0.4 is 5.73 Å². The highest BCUT2D eigenvalue weighted by Gasteiger charge is 2.16. The van der Waals surface area contributed by atoms with Gasteiger partial charge in [0.05, 0.1) is 6.04 Å². The lowest BCUT2D eigenvalue weighted by atomic mass is 9.95. The number of nitrogens with two attached hydrogens (primary N) is 1. The Balaban J connectivity index is 2.24. The third-order valence-corrected chi connectivity index (χ3v) is 3.86. The minimum absolute atomic E-state index is 0.257. The van der Waals surface area contributed by atoms with Crippen molar-refractivity contribution in [2.24, 2.45) is 5.73 Å². The van der Waals surface area contributed by atoms with E-state index in [2.05, 4.69) is 0 Å². The fourth-order valence-electron chi connectivity index (χ4n) is 2.23. The standard InChI is InChI=1S/C15H13NOS/c16-15(11-7-8-18-9-11)14-12-4-2-1-3-10(12)5-6-13(14)17/h1-9,15,17H,16H2/t15-/m1/s1. The number of aromatic hydroxyl groups is 1. The van der Waals surface area contributed by atoms with Gasteiger partial charge < -0.3 is 10.8 Å². The zero-order valence-corrected chi connectivity index (χ0v) is 10.5. The number of benzene rings is 2. The highest BCUT2D eigenvalue weighted by atomic mass is 32.1. The molecule has 2 nitrogen and oxygen atoms in total. The van der Waals surface area contributed by atoms with Gasteiger partial charge in [-0.1, -0.05) is 30.3 Å². The molecule has 3 aromatic rings. The topological polar surface area (TPSA) is 46.2 Å². The lowest BCUT2D eigenvalue weighted by Gasteiger charge is -2.15. The predicted molar refractivity (Wildman–Crippen MR) is 76.0 cm³/mol. The molecule has 0 aliphatic heterocycles. The second-order valence-electron chi connectivity index (χ2n) is 4.25. The molecule has 0 spiro atoms. The van der Waals surface area contributed by atoms with E-state index in [1.807, 2.05) is 47.2 Å². The van der Waals surface area contributed by atoms with Gasteiger partial charge in [-0.3, -0.25) is 0 Å². The van der Waals surface area contributed by atoms with Crippen LogP contribution in [0.25, 0.3) is 10.8 Å². The molecule has 0 aliphatic carbocycles. The van der Waals surface area contributed by atoms with Gasteiger partial charge in [-0.05, 0) is 39.2 Å². The van der Waals surface area contributed by atoms with Gasteiger partial charge >= 0.3 is 0 Å². The van der Waals surface area contributed by atoms with Crippen molar-refractivity contribution in [2.45, 2.75) is 6.04 Å². The molecule has 0 bridgehead atoms. The van der Waals surface area contributed by atoms with Gasteiger partial charge in [0.25, 0.3) is 0 Å². The van der Waals surface area contributed by atoms with Crippen LogP contribution in [0.4, 0.5) is 0 Å². The summed E-state index contributed by atoms with van der Waals surface area (Å²) < 4.78 is 0. The number of phenolic OH excluding ortho intramolecular Hbond substituents is 1. The molecule has 0 saturated carbocycles. The lowest BCUT2D eigenvalue weighted by molar-refractivity contribution is 0.467. The maximum atomic E-state index is 10.1. The summed E-state index contributed by atoms with van der Waals surface area (Å²) in [5.74, 6) is 0.257. The van der Waals surface area contributed by atoms with Gasteiger partial charge in [0.2, 0.25) is 0 Å². The molecule has 0 aliphatic rings. The quantitative estimate of drug-likeness (QED) is 0.734. The highest BCUT2D eigenvalue weighted by molar-refractivity contribution is 7.08. The van der Waals surface area contributed by atoms with Crippen molar-refractivity contribution in [3.63, 3.8) is 0 Å². The average Bonchev–Trinajstić information content (AvgIpc) is 2.92. The van der Waals surface area contributed by atoms with Gasteiger partial charge in [-0.15, -0.1) is 0 Å². The van der Waals surface area contributed by atoms with E-state index in [0.29, 0.717) is 0 Å².